The minimum atomic E-state index is -0.247. The molecule has 0 atom stereocenters. The highest BCUT2D eigenvalue weighted by Crippen LogP contribution is 2.28. The van der Waals surface area contributed by atoms with Gasteiger partial charge in [0.2, 0.25) is 0 Å². The van der Waals surface area contributed by atoms with Gasteiger partial charge in [0.1, 0.15) is 5.82 Å². The van der Waals surface area contributed by atoms with E-state index in [1.807, 2.05) is 12.1 Å². The Bertz CT molecular complexity index is 610. The van der Waals surface area contributed by atoms with Crippen LogP contribution in [0.5, 0.6) is 0 Å². The Kier molecular flexibility index (Phi) is 3.17. The maximum atomic E-state index is 12.9. The van der Waals surface area contributed by atoms with Crippen LogP contribution in [0.4, 0.5) is 15.8 Å². The number of nitrogens with zero attached hydrogens (tertiary/aromatic N) is 1. The van der Waals surface area contributed by atoms with Crippen molar-refractivity contribution in [3.05, 3.63) is 59.9 Å². The molecular formula is C15H13FN2S. The van der Waals surface area contributed by atoms with Crippen LogP contribution >= 0.6 is 12.2 Å². The van der Waals surface area contributed by atoms with Gasteiger partial charge < -0.3 is 10.2 Å². The maximum Gasteiger partial charge on any atom is 0.177 e. The Hall–Kier alpha value is -1.94. The van der Waals surface area contributed by atoms with Crippen LogP contribution < -0.4 is 10.2 Å². The summed E-state index contributed by atoms with van der Waals surface area (Å²) in [4.78, 5) is 2.08. The molecular weight excluding hydrogens is 259 g/mol. The molecule has 2 aromatic rings. The molecule has 0 fully saturated rings. The average molecular weight is 272 g/mol. The largest absolute Gasteiger partial charge is 0.332 e. The molecule has 19 heavy (non-hydrogen) atoms. The van der Waals surface area contributed by atoms with Gasteiger partial charge in [0.15, 0.2) is 5.11 Å². The van der Waals surface area contributed by atoms with Gasteiger partial charge in [-0.1, -0.05) is 18.2 Å². The first-order valence-electron chi connectivity index (χ1n) is 6.16. The quantitative estimate of drug-likeness (QED) is 0.799. The molecule has 0 spiro atoms. The summed E-state index contributed by atoms with van der Waals surface area (Å²) >= 11 is 5.43. The monoisotopic (exact) mass is 272 g/mol. The Morgan fingerprint density at radius 1 is 1.11 bits per heavy atom. The van der Waals surface area contributed by atoms with Crippen molar-refractivity contribution < 1.29 is 4.39 Å². The second-order valence-corrected chi connectivity index (χ2v) is 4.85. The molecule has 2 nitrogen and oxygen atoms in total. The molecule has 1 aliphatic rings. The van der Waals surface area contributed by atoms with E-state index >= 15 is 0 Å². The minimum Gasteiger partial charge on any atom is -0.332 e. The number of halogens is 1. The summed E-state index contributed by atoms with van der Waals surface area (Å²) in [6.07, 6.45) is 1.00. The summed E-state index contributed by atoms with van der Waals surface area (Å²) in [6.45, 7) is 0.881. The molecule has 96 valence electrons. The zero-order valence-electron chi connectivity index (χ0n) is 10.3. The van der Waals surface area contributed by atoms with E-state index < -0.39 is 0 Å². The summed E-state index contributed by atoms with van der Waals surface area (Å²) in [6, 6.07) is 14.5. The smallest absolute Gasteiger partial charge is 0.177 e. The fraction of sp³-hybridized carbons (Fsp3) is 0.133. The number of hydrogen-bond acceptors (Lipinski definition) is 1. The van der Waals surface area contributed by atoms with Crippen LogP contribution in [0, 0.1) is 5.82 Å². The number of nitrogens with one attached hydrogen (secondary N) is 1. The molecule has 0 radical (unpaired) electrons. The lowest BCUT2D eigenvalue weighted by atomic mass is 10.2. The highest BCUT2D eigenvalue weighted by molar-refractivity contribution is 7.80. The zero-order chi connectivity index (χ0) is 13.2. The lowest BCUT2D eigenvalue weighted by Gasteiger charge is -2.21. The van der Waals surface area contributed by atoms with Gasteiger partial charge in [-0.3, -0.25) is 0 Å². The van der Waals surface area contributed by atoms with E-state index in [0.29, 0.717) is 5.11 Å². The van der Waals surface area contributed by atoms with Crippen LogP contribution in [0.15, 0.2) is 48.5 Å². The maximum absolute atomic E-state index is 12.9. The fourth-order valence-corrected chi connectivity index (χ4v) is 2.58. The summed E-state index contributed by atoms with van der Waals surface area (Å²) in [5.41, 5.74) is 3.27. The minimum absolute atomic E-state index is 0.247. The summed E-state index contributed by atoms with van der Waals surface area (Å²) in [5.74, 6) is -0.247. The molecule has 0 aromatic heterocycles. The number of benzene rings is 2. The Morgan fingerprint density at radius 2 is 1.84 bits per heavy atom. The molecule has 3 rings (SSSR count). The van der Waals surface area contributed by atoms with E-state index in [-0.39, 0.29) is 5.82 Å². The van der Waals surface area contributed by atoms with Gasteiger partial charge in [0.25, 0.3) is 0 Å². The Balaban J connectivity index is 1.77. The lowest BCUT2D eigenvalue weighted by molar-refractivity contribution is 0.628. The molecule has 0 bridgehead atoms. The summed E-state index contributed by atoms with van der Waals surface area (Å²) < 4.78 is 12.9. The van der Waals surface area contributed by atoms with Crippen molar-refractivity contribution in [3.63, 3.8) is 0 Å². The molecule has 1 aliphatic heterocycles. The lowest BCUT2D eigenvalue weighted by Crippen LogP contribution is -2.33. The van der Waals surface area contributed by atoms with E-state index in [1.165, 1.54) is 17.7 Å². The normalized spacial score (nSPS) is 13.2. The molecule has 0 saturated heterocycles. The first-order valence-corrected chi connectivity index (χ1v) is 6.57. The van der Waals surface area contributed by atoms with Crippen molar-refractivity contribution in [2.75, 3.05) is 16.8 Å². The average Bonchev–Trinajstić information content (AvgIpc) is 2.85. The van der Waals surface area contributed by atoms with Crippen molar-refractivity contribution in [1.29, 1.82) is 0 Å². The van der Waals surface area contributed by atoms with Crippen LogP contribution in [0.2, 0.25) is 0 Å². The van der Waals surface area contributed by atoms with E-state index in [0.717, 1.165) is 24.3 Å². The molecule has 2 aromatic carbocycles. The van der Waals surface area contributed by atoms with Crippen LogP contribution in [-0.4, -0.2) is 11.7 Å². The van der Waals surface area contributed by atoms with Gasteiger partial charge in [-0.25, -0.2) is 4.39 Å². The van der Waals surface area contributed by atoms with Crippen LogP contribution in [0.25, 0.3) is 0 Å². The zero-order valence-corrected chi connectivity index (χ0v) is 11.1. The van der Waals surface area contributed by atoms with Gasteiger partial charge in [-0.2, -0.15) is 0 Å². The third-order valence-electron chi connectivity index (χ3n) is 3.23. The number of rotatable bonds is 1. The van der Waals surface area contributed by atoms with Crippen molar-refractivity contribution in [1.82, 2.24) is 0 Å². The van der Waals surface area contributed by atoms with E-state index in [9.17, 15) is 4.39 Å². The highest BCUT2D eigenvalue weighted by Gasteiger charge is 2.21. The molecule has 0 amide bonds. The SMILES string of the molecule is Fc1ccc(NC(=S)N2CCc3ccccc32)cc1. The topological polar surface area (TPSA) is 15.3 Å². The third kappa shape index (κ3) is 2.44. The number of para-hydroxylation sites is 1. The van der Waals surface area contributed by atoms with Gasteiger partial charge >= 0.3 is 0 Å². The van der Waals surface area contributed by atoms with Crippen LogP contribution in [-0.2, 0) is 6.42 Å². The number of fused-ring (bicyclic) bond motifs is 1. The molecule has 0 unspecified atom stereocenters. The van der Waals surface area contributed by atoms with Crippen molar-refractivity contribution in [2.24, 2.45) is 0 Å². The number of anilines is 2. The third-order valence-corrected chi connectivity index (χ3v) is 3.55. The Morgan fingerprint density at radius 3 is 2.63 bits per heavy atom. The van der Waals surface area contributed by atoms with Crippen LogP contribution in [0.3, 0.4) is 0 Å². The van der Waals surface area contributed by atoms with Gasteiger partial charge in [-0.15, -0.1) is 0 Å². The molecule has 1 N–H and O–H groups in total. The molecule has 0 saturated carbocycles. The number of thiocarbonyl (C=S) groups is 1. The fourth-order valence-electron chi connectivity index (χ4n) is 2.27. The second kappa shape index (κ2) is 4.97. The predicted octanol–water partition coefficient (Wildman–Crippen LogP) is 3.59. The Labute approximate surface area is 116 Å². The predicted molar refractivity (Wildman–Crippen MR) is 80.1 cm³/mol. The van der Waals surface area contributed by atoms with Crippen molar-refractivity contribution in [2.45, 2.75) is 6.42 Å². The number of hydrogen-bond donors (Lipinski definition) is 1. The van der Waals surface area contributed by atoms with E-state index in [4.69, 9.17) is 12.2 Å². The molecule has 0 aliphatic carbocycles. The van der Waals surface area contributed by atoms with Crippen LogP contribution in [0.1, 0.15) is 5.56 Å². The molecule has 4 heteroatoms. The van der Waals surface area contributed by atoms with Gasteiger partial charge in [-0.05, 0) is 54.5 Å². The summed E-state index contributed by atoms with van der Waals surface area (Å²) in [7, 11) is 0. The van der Waals surface area contributed by atoms with Crippen molar-refractivity contribution >= 4 is 28.7 Å². The second-order valence-electron chi connectivity index (χ2n) is 4.47. The first-order chi connectivity index (χ1) is 9.24. The van der Waals surface area contributed by atoms with Crippen molar-refractivity contribution in [3.8, 4) is 0 Å². The summed E-state index contributed by atoms with van der Waals surface area (Å²) in [5, 5.41) is 3.79. The highest BCUT2D eigenvalue weighted by atomic mass is 32.1. The molecule has 1 heterocycles. The van der Waals surface area contributed by atoms with Gasteiger partial charge in [0, 0.05) is 17.9 Å². The standard InChI is InChI=1S/C15H13FN2S/c16-12-5-7-13(8-6-12)17-15(19)18-10-9-11-3-1-2-4-14(11)18/h1-8H,9-10H2,(H,17,19). The van der Waals surface area contributed by atoms with E-state index in [1.54, 1.807) is 12.1 Å². The van der Waals surface area contributed by atoms with Gasteiger partial charge in [0.05, 0.1) is 0 Å². The first kappa shape index (κ1) is 12.1. The van der Waals surface area contributed by atoms with E-state index in [2.05, 4.69) is 22.3 Å².